The van der Waals surface area contributed by atoms with Gasteiger partial charge in [0, 0.05) is 23.3 Å². The number of hydrogen-bond donors (Lipinski definition) is 2. The Morgan fingerprint density at radius 2 is 2.07 bits per heavy atom. The zero-order valence-electron chi connectivity index (χ0n) is 8.80. The monoisotopic (exact) mass is 224 g/mol. The fourth-order valence-corrected chi connectivity index (χ4v) is 2.35. The highest BCUT2D eigenvalue weighted by Gasteiger charge is 2.14. The first kappa shape index (κ1) is 10.8. The van der Waals surface area contributed by atoms with Crippen molar-refractivity contribution in [2.45, 2.75) is 38.3 Å². The van der Waals surface area contributed by atoms with Crippen LogP contribution in [0.4, 0.5) is 5.69 Å². The minimum Gasteiger partial charge on any atom is -0.399 e. The van der Waals surface area contributed by atoms with Gasteiger partial charge in [0.1, 0.15) is 0 Å². The number of rotatable bonds is 3. The summed E-state index contributed by atoms with van der Waals surface area (Å²) in [6.07, 6.45) is 5.31. The van der Waals surface area contributed by atoms with E-state index in [1.807, 2.05) is 18.2 Å². The largest absolute Gasteiger partial charge is 0.399 e. The lowest BCUT2D eigenvalue weighted by Crippen LogP contribution is -2.25. The second-order valence-electron chi connectivity index (χ2n) is 4.21. The maximum absolute atomic E-state index is 6.09. The number of hydrogen-bond acceptors (Lipinski definition) is 2. The van der Waals surface area contributed by atoms with Gasteiger partial charge >= 0.3 is 0 Å². The molecule has 2 rings (SSSR count). The quantitative estimate of drug-likeness (QED) is 0.775. The summed E-state index contributed by atoms with van der Waals surface area (Å²) in [5, 5.41) is 4.30. The van der Waals surface area contributed by atoms with Crippen LogP contribution in [0.5, 0.6) is 0 Å². The van der Waals surface area contributed by atoms with Crippen LogP contribution in [-0.2, 0) is 6.54 Å². The summed E-state index contributed by atoms with van der Waals surface area (Å²) in [5.41, 5.74) is 7.50. The molecule has 0 bridgehead atoms. The topological polar surface area (TPSA) is 38.0 Å². The maximum atomic E-state index is 6.09. The van der Waals surface area contributed by atoms with E-state index in [1.54, 1.807) is 0 Å². The van der Waals surface area contributed by atoms with Crippen LogP contribution >= 0.6 is 11.6 Å². The lowest BCUT2D eigenvalue weighted by molar-refractivity contribution is 0.524. The third kappa shape index (κ3) is 2.86. The summed E-state index contributed by atoms with van der Waals surface area (Å²) in [6, 6.07) is 6.39. The number of nitrogen functional groups attached to an aromatic ring is 1. The average Bonchev–Trinajstić information content (AvgIpc) is 2.69. The molecule has 1 aliphatic carbocycles. The van der Waals surface area contributed by atoms with Crippen molar-refractivity contribution in [3.63, 3.8) is 0 Å². The molecular weight excluding hydrogens is 208 g/mol. The third-order valence-corrected chi connectivity index (χ3v) is 3.37. The highest BCUT2D eigenvalue weighted by molar-refractivity contribution is 6.31. The van der Waals surface area contributed by atoms with E-state index < -0.39 is 0 Å². The smallest absolute Gasteiger partial charge is 0.0471 e. The molecule has 3 N–H and O–H groups in total. The Bertz CT molecular complexity index is 332. The fourth-order valence-electron chi connectivity index (χ4n) is 2.09. The molecule has 0 atom stereocenters. The molecular formula is C12H17ClN2. The summed E-state index contributed by atoms with van der Waals surface area (Å²) in [5.74, 6) is 0. The molecule has 0 amide bonds. The molecule has 2 nitrogen and oxygen atoms in total. The summed E-state index contributed by atoms with van der Waals surface area (Å²) >= 11 is 6.09. The Morgan fingerprint density at radius 3 is 2.73 bits per heavy atom. The van der Waals surface area contributed by atoms with E-state index in [4.69, 9.17) is 17.3 Å². The Balaban J connectivity index is 1.92. The van der Waals surface area contributed by atoms with Gasteiger partial charge in [-0.3, -0.25) is 0 Å². The standard InChI is InChI=1S/C12H17ClN2/c13-12-7-10(14)6-5-9(12)8-15-11-3-1-2-4-11/h5-7,11,15H,1-4,8,14H2. The number of nitrogens with one attached hydrogen (secondary N) is 1. The van der Waals surface area contributed by atoms with Crippen LogP contribution in [0.2, 0.25) is 5.02 Å². The lowest BCUT2D eigenvalue weighted by Gasteiger charge is -2.12. The van der Waals surface area contributed by atoms with E-state index >= 15 is 0 Å². The van der Waals surface area contributed by atoms with E-state index in [9.17, 15) is 0 Å². The van der Waals surface area contributed by atoms with Gasteiger partial charge in [-0.1, -0.05) is 30.5 Å². The lowest BCUT2D eigenvalue weighted by atomic mass is 10.2. The zero-order valence-corrected chi connectivity index (χ0v) is 9.56. The summed E-state index contributed by atoms with van der Waals surface area (Å²) < 4.78 is 0. The van der Waals surface area contributed by atoms with Crippen LogP contribution in [0.3, 0.4) is 0 Å². The van der Waals surface area contributed by atoms with Gasteiger partial charge in [0.05, 0.1) is 0 Å². The molecule has 15 heavy (non-hydrogen) atoms. The van der Waals surface area contributed by atoms with Crippen LogP contribution < -0.4 is 11.1 Å². The van der Waals surface area contributed by atoms with E-state index in [0.29, 0.717) is 6.04 Å². The first-order chi connectivity index (χ1) is 7.25. The van der Waals surface area contributed by atoms with Gasteiger partial charge in [-0.15, -0.1) is 0 Å². The van der Waals surface area contributed by atoms with Crippen LogP contribution in [0.15, 0.2) is 18.2 Å². The van der Waals surface area contributed by atoms with Crippen molar-refractivity contribution in [2.75, 3.05) is 5.73 Å². The van der Waals surface area contributed by atoms with Gasteiger partial charge in [-0.05, 0) is 30.5 Å². The summed E-state index contributed by atoms with van der Waals surface area (Å²) in [6.45, 7) is 0.851. The van der Waals surface area contributed by atoms with Gasteiger partial charge in [-0.2, -0.15) is 0 Å². The highest BCUT2D eigenvalue weighted by Crippen LogP contribution is 2.21. The van der Waals surface area contributed by atoms with Crippen molar-refractivity contribution < 1.29 is 0 Å². The van der Waals surface area contributed by atoms with Crippen molar-refractivity contribution in [1.82, 2.24) is 5.32 Å². The van der Waals surface area contributed by atoms with E-state index in [0.717, 1.165) is 22.8 Å². The number of nitrogens with two attached hydrogens (primary N) is 1. The summed E-state index contributed by atoms with van der Waals surface area (Å²) in [7, 11) is 0. The Hall–Kier alpha value is -0.730. The van der Waals surface area contributed by atoms with Crippen molar-refractivity contribution in [3.05, 3.63) is 28.8 Å². The Labute approximate surface area is 95.8 Å². The number of anilines is 1. The summed E-state index contributed by atoms with van der Waals surface area (Å²) in [4.78, 5) is 0. The Morgan fingerprint density at radius 1 is 1.33 bits per heavy atom. The molecule has 1 aromatic carbocycles. The first-order valence-corrected chi connectivity index (χ1v) is 5.91. The third-order valence-electron chi connectivity index (χ3n) is 3.01. The molecule has 1 aliphatic rings. The zero-order chi connectivity index (χ0) is 10.7. The molecule has 0 radical (unpaired) electrons. The van der Waals surface area contributed by atoms with Gasteiger partial charge in [0.15, 0.2) is 0 Å². The van der Waals surface area contributed by atoms with Crippen LogP contribution in [0, 0.1) is 0 Å². The van der Waals surface area contributed by atoms with Crippen molar-refractivity contribution >= 4 is 17.3 Å². The first-order valence-electron chi connectivity index (χ1n) is 5.53. The number of halogens is 1. The predicted molar refractivity (Wildman–Crippen MR) is 65.0 cm³/mol. The second kappa shape index (κ2) is 4.86. The van der Waals surface area contributed by atoms with Crippen LogP contribution in [-0.4, -0.2) is 6.04 Å². The Kier molecular flexibility index (Phi) is 3.49. The molecule has 1 fully saturated rings. The molecule has 0 aliphatic heterocycles. The van der Waals surface area contributed by atoms with E-state index in [-0.39, 0.29) is 0 Å². The maximum Gasteiger partial charge on any atom is 0.0471 e. The van der Waals surface area contributed by atoms with Crippen LogP contribution in [0.1, 0.15) is 31.2 Å². The SMILES string of the molecule is Nc1ccc(CNC2CCCC2)c(Cl)c1. The minimum atomic E-state index is 0.679. The molecule has 1 aromatic rings. The molecule has 3 heteroatoms. The molecule has 1 saturated carbocycles. The molecule has 0 heterocycles. The molecule has 0 aromatic heterocycles. The van der Waals surface area contributed by atoms with Crippen molar-refractivity contribution in [3.8, 4) is 0 Å². The molecule has 0 spiro atoms. The van der Waals surface area contributed by atoms with Crippen molar-refractivity contribution in [2.24, 2.45) is 0 Å². The average molecular weight is 225 g/mol. The van der Waals surface area contributed by atoms with Gasteiger partial charge in [-0.25, -0.2) is 0 Å². The fraction of sp³-hybridized carbons (Fsp3) is 0.500. The predicted octanol–water partition coefficient (Wildman–Crippen LogP) is 2.95. The molecule has 0 unspecified atom stereocenters. The van der Waals surface area contributed by atoms with E-state index in [1.165, 1.54) is 25.7 Å². The second-order valence-corrected chi connectivity index (χ2v) is 4.62. The van der Waals surface area contributed by atoms with Crippen LogP contribution in [0.25, 0.3) is 0 Å². The highest BCUT2D eigenvalue weighted by atomic mass is 35.5. The van der Waals surface area contributed by atoms with E-state index in [2.05, 4.69) is 5.32 Å². The molecule has 0 saturated heterocycles. The number of benzene rings is 1. The van der Waals surface area contributed by atoms with Crippen molar-refractivity contribution in [1.29, 1.82) is 0 Å². The van der Waals surface area contributed by atoms with Gasteiger partial charge < -0.3 is 11.1 Å². The minimum absolute atomic E-state index is 0.679. The van der Waals surface area contributed by atoms with Gasteiger partial charge in [0.25, 0.3) is 0 Å². The normalized spacial score (nSPS) is 17.1. The molecule has 82 valence electrons. The van der Waals surface area contributed by atoms with Gasteiger partial charge in [0.2, 0.25) is 0 Å².